The number of hydrazine groups is 1. The molecule has 19 heavy (non-hydrogen) atoms. The molecule has 3 heteroatoms. The van der Waals surface area contributed by atoms with Gasteiger partial charge in [0, 0.05) is 10.9 Å². The molecule has 100 valence electrons. The molecule has 3 N–H and O–H groups in total. The lowest BCUT2D eigenvalue weighted by atomic mass is 9.98. The van der Waals surface area contributed by atoms with E-state index in [1.165, 1.54) is 21.6 Å². The van der Waals surface area contributed by atoms with E-state index >= 15 is 0 Å². The van der Waals surface area contributed by atoms with Crippen molar-refractivity contribution in [3.05, 3.63) is 65.2 Å². The van der Waals surface area contributed by atoms with Crippen molar-refractivity contribution < 1.29 is 0 Å². The SMILES string of the molecule is CSc1ccc(C(Cc2cccc(C)c2)NN)cc1. The summed E-state index contributed by atoms with van der Waals surface area (Å²) in [6, 6.07) is 17.3. The molecule has 1 unspecified atom stereocenters. The lowest BCUT2D eigenvalue weighted by Gasteiger charge is -2.17. The summed E-state index contributed by atoms with van der Waals surface area (Å²) in [5, 5.41) is 0. The third kappa shape index (κ3) is 3.83. The quantitative estimate of drug-likeness (QED) is 0.497. The Kier molecular flexibility index (Phi) is 5.02. The van der Waals surface area contributed by atoms with E-state index < -0.39 is 0 Å². The van der Waals surface area contributed by atoms with Crippen LogP contribution in [-0.4, -0.2) is 6.26 Å². The molecule has 2 aromatic rings. The molecule has 0 radical (unpaired) electrons. The minimum Gasteiger partial charge on any atom is -0.271 e. The van der Waals surface area contributed by atoms with Crippen molar-refractivity contribution in [3.8, 4) is 0 Å². The smallest absolute Gasteiger partial charge is 0.0500 e. The number of hydrogen-bond donors (Lipinski definition) is 2. The second-order valence-corrected chi connectivity index (χ2v) is 5.57. The topological polar surface area (TPSA) is 38.0 Å². The highest BCUT2D eigenvalue weighted by Crippen LogP contribution is 2.21. The zero-order chi connectivity index (χ0) is 13.7. The van der Waals surface area contributed by atoms with Crippen LogP contribution in [0.2, 0.25) is 0 Å². The largest absolute Gasteiger partial charge is 0.271 e. The van der Waals surface area contributed by atoms with E-state index in [0.717, 1.165) is 6.42 Å². The van der Waals surface area contributed by atoms with E-state index in [0.29, 0.717) is 0 Å². The lowest BCUT2D eigenvalue weighted by molar-refractivity contribution is 0.551. The van der Waals surface area contributed by atoms with Crippen molar-refractivity contribution in [2.75, 3.05) is 6.26 Å². The van der Waals surface area contributed by atoms with Crippen LogP contribution in [0.4, 0.5) is 0 Å². The Morgan fingerprint density at radius 1 is 1.16 bits per heavy atom. The maximum atomic E-state index is 5.71. The molecule has 0 bridgehead atoms. The second kappa shape index (κ2) is 6.75. The number of aryl methyl sites for hydroxylation is 1. The van der Waals surface area contributed by atoms with Gasteiger partial charge in [0.25, 0.3) is 0 Å². The molecule has 0 heterocycles. The molecular weight excluding hydrogens is 252 g/mol. The van der Waals surface area contributed by atoms with Gasteiger partial charge in [-0.25, -0.2) is 0 Å². The van der Waals surface area contributed by atoms with Crippen molar-refractivity contribution in [1.29, 1.82) is 0 Å². The minimum atomic E-state index is 0.151. The highest BCUT2D eigenvalue weighted by molar-refractivity contribution is 7.98. The molecular formula is C16H20N2S. The molecule has 0 saturated carbocycles. The number of rotatable bonds is 5. The van der Waals surface area contributed by atoms with Crippen LogP contribution in [0, 0.1) is 6.92 Å². The predicted molar refractivity (Wildman–Crippen MR) is 83.2 cm³/mol. The molecule has 0 aliphatic heterocycles. The van der Waals surface area contributed by atoms with Crippen LogP contribution in [-0.2, 0) is 6.42 Å². The molecule has 0 aromatic heterocycles. The van der Waals surface area contributed by atoms with Gasteiger partial charge < -0.3 is 0 Å². The number of thioether (sulfide) groups is 1. The fourth-order valence-electron chi connectivity index (χ4n) is 2.18. The first-order valence-corrected chi connectivity index (χ1v) is 7.61. The van der Waals surface area contributed by atoms with Crippen LogP contribution in [0.15, 0.2) is 53.4 Å². The molecule has 2 nitrogen and oxygen atoms in total. The maximum absolute atomic E-state index is 5.71. The molecule has 0 aliphatic rings. The third-order valence-electron chi connectivity index (χ3n) is 3.24. The van der Waals surface area contributed by atoms with Gasteiger partial charge in [-0.05, 0) is 42.9 Å². The molecule has 1 atom stereocenters. The van der Waals surface area contributed by atoms with Gasteiger partial charge in [-0.1, -0.05) is 42.0 Å². The normalized spacial score (nSPS) is 12.4. The van der Waals surface area contributed by atoms with E-state index in [1.54, 1.807) is 11.8 Å². The molecule has 2 rings (SSSR count). The fraction of sp³-hybridized carbons (Fsp3) is 0.250. The Morgan fingerprint density at radius 3 is 2.47 bits per heavy atom. The highest BCUT2D eigenvalue weighted by atomic mass is 32.2. The van der Waals surface area contributed by atoms with Gasteiger partial charge in [0.15, 0.2) is 0 Å². The Morgan fingerprint density at radius 2 is 1.89 bits per heavy atom. The van der Waals surface area contributed by atoms with Crippen LogP contribution in [0.1, 0.15) is 22.7 Å². The van der Waals surface area contributed by atoms with E-state index in [2.05, 4.69) is 67.1 Å². The number of hydrogen-bond acceptors (Lipinski definition) is 3. The van der Waals surface area contributed by atoms with E-state index in [-0.39, 0.29) is 6.04 Å². The Balaban J connectivity index is 2.15. The van der Waals surface area contributed by atoms with E-state index in [4.69, 9.17) is 5.84 Å². The zero-order valence-corrected chi connectivity index (χ0v) is 12.2. The molecule has 2 aromatic carbocycles. The Hall–Kier alpha value is -1.29. The minimum absolute atomic E-state index is 0.151. The van der Waals surface area contributed by atoms with Gasteiger partial charge in [0.2, 0.25) is 0 Å². The number of benzene rings is 2. The average Bonchev–Trinajstić information content (AvgIpc) is 2.45. The third-order valence-corrected chi connectivity index (χ3v) is 3.99. The van der Waals surface area contributed by atoms with Crippen LogP contribution in [0.5, 0.6) is 0 Å². The number of nitrogens with two attached hydrogens (primary N) is 1. The van der Waals surface area contributed by atoms with Gasteiger partial charge in [-0.3, -0.25) is 11.3 Å². The van der Waals surface area contributed by atoms with Crippen molar-refractivity contribution in [3.63, 3.8) is 0 Å². The summed E-state index contributed by atoms with van der Waals surface area (Å²) in [7, 11) is 0. The fourth-order valence-corrected chi connectivity index (χ4v) is 2.59. The molecule has 0 spiro atoms. The van der Waals surface area contributed by atoms with Crippen LogP contribution < -0.4 is 11.3 Å². The summed E-state index contributed by atoms with van der Waals surface area (Å²) in [5.41, 5.74) is 6.73. The summed E-state index contributed by atoms with van der Waals surface area (Å²) >= 11 is 1.75. The second-order valence-electron chi connectivity index (χ2n) is 4.69. The summed E-state index contributed by atoms with van der Waals surface area (Å²) in [6.07, 6.45) is 2.98. The van der Waals surface area contributed by atoms with Crippen molar-refractivity contribution in [2.45, 2.75) is 24.3 Å². The molecule has 0 saturated heterocycles. The van der Waals surface area contributed by atoms with Crippen molar-refractivity contribution >= 4 is 11.8 Å². The summed E-state index contributed by atoms with van der Waals surface area (Å²) in [4.78, 5) is 1.27. The Bertz CT molecular complexity index is 523. The number of nitrogens with one attached hydrogen (secondary N) is 1. The first-order valence-electron chi connectivity index (χ1n) is 6.38. The standard InChI is InChI=1S/C16H20N2S/c1-12-4-3-5-13(10-12)11-16(18-17)14-6-8-15(19-2)9-7-14/h3-10,16,18H,11,17H2,1-2H3. The van der Waals surface area contributed by atoms with Gasteiger partial charge in [-0.2, -0.15) is 0 Å². The van der Waals surface area contributed by atoms with E-state index in [1.807, 2.05) is 0 Å². The lowest BCUT2D eigenvalue weighted by Crippen LogP contribution is -2.29. The van der Waals surface area contributed by atoms with Gasteiger partial charge in [0.1, 0.15) is 0 Å². The van der Waals surface area contributed by atoms with Crippen molar-refractivity contribution in [1.82, 2.24) is 5.43 Å². The van der Waals surface area contributed by atoms with Crippen LogP contribution in [0.3, 0.4) is 0 Å². The van der Waals surface area contributed by atoms with E-state index in [9.17, 15) is 0 Å². The van der Waals surface area contributed by atoms with Gasteiger partial charge >= 0.3 is 0 Å². The Labute approximate surface area is 119 Å². The predicted octanol–water partition coefficient (Wildman–Crippen LogP) is 3.46. The first kappa shape index (κ1) is 14.1. The van der Waals surface area contributed by atoms with Crippen LogP contribution in [0.25, 0.3) is 0 Å². The van der Waals surface area contributed by atoms with Crippen LogP contribution >= 0.6 is 11.8 Å². The monoisotopic (exact) mass is 272 g/mol. The van der Waals surface area contributed by atoms with Gasteiger partial charge in [-0.15, -0.1) is 11.8 Å². The molecule has 0 fully saturated rings. The zero-order valence-electron chi connectivity index (χ0n) is 11.4. The average molecular weight is 272 g/mol. The van der Waals surface area contributed by atoms with Gasteiger partial charge in [0.05, 0.1) is 0 Å². The summed E-state index contributed by atoms with van der Waals surface area (Å²) in [5.74, 6) is 5.71. The summed E-state index contributed by atoms with van der Waals surface area (Å²) in [6.45, 7) is 2.11. The first-order chi connectivity index (χ1) is 9.22. The highest BCUT2D eigenvalue weighted by Gasteiger charge is 2.10. The molecule has 0 aliphatic carbocycles. The maximum Gasteiger partial charge on any atom is 0.0500 e. The summed E-state index contributed by atoms with van der Waals surface area (Å²) < 4.78 is 0. The molecule has 0 amide bonds. The van der Waals surface area contributed by atoms with Crippen molar-refractivity contribution in [2.24, 2.45) is 5.84 Å².